The zero-order valence-corrected chi connectivity index (χ0v) is 19.3. The Morgan fingerprint density at radius 3 is 2.18 bits per heavy atom. The molecule has 34 heavy (non-hydrogen) atoms. The predicted molar refractivity (Wildman–Crippen MR) is 128 cm³/mol. The fourth-order valence-corrected chi connectivity index (χ4v) is 5.24. The summed E-state index contributed by atoms with van der Waals surface area (Å²) in [5.74, 6) is -1.03. The summed E-state index contributed by atoms with van der Waals surface area (Å²) < 4.78 is 5.70. The number of rotatable bonds is 9. The second-order valence-electron chi connectivity index (χ2n) is 9.17. The molecule has 2 aromatic rings. The third-order valence-electron chi connectivity index (χ3n) is 6.93. The van der Waals surface area contributed by atoms with Gasteiger partial charge in [0.15, 0.2) is 0 Å². The molecule has 7 nitrogen and oxygen atoms in total. The highest BCUT2D eigenvalue weighted by Gasteiger charge is 2.31. The SMILES string of the molecule is O=C(O)CCNC(=O)CC(NC(=O)OCC1c2ccccc2-c2ccccc21)C1CCCCC1. The zero-order chi connectivity index (χ0) is 23.9. The molecule has 7 heteroatoms. The maximum absolute atomic E-state index is 12.8. The molecule has 1 unspecified atom stereocenters. The first-order chi connectivity index (χ1) is 16.5. The molecule has 0 radical (unpaired) electrons. The summed E-state index contributed by atoms with van der Waals surface area (Å²) in [6.07, 6.45) is 4.71. The molecule has 4 rings (SSSR count). The highest BCUT2D eigenvalue weighted by molar-refractivity contribution is 5.80. The van der Waals surface area contributed by atoms with Crippen LogP contribution in [0.1, 0.15) is 62.0 Å². The van der Waals surface area contributed by atoms with Gasteiger partial charge in [-0.1, -0.05) is 67.8 Å². The van der Waals surface area contributed by atoms with Gasteiger partial charge >= 0.3 is 12.1 Å². The Bertz CT molecular complexity index is 986. The van der Waals surface area contributed by atoms with E-state index in [1.54, 1.807) is 0 Å². The Labute approximate surface area is 199 Å². The highest BCUT2D eigenvalue weighted by atomic mass is 16.5. The van der Waals surface area contributed by atoms with Gasteiger partial charge in [-0.05, 0) is 41.0 Å². The number of hydrogen-bond acceptors (Lipinski definition) is 4. The second kappa shape index (κ2) is 11.2. The van der Waals surface area contributed by atoms with Crippen molar-refractivity contribution >= 4 is 18.0 Å². The molecule has 180 valence electrons. The number of carbonyl (C=O) groups excluding carboxylic acids is 2. The molecule has 2 aliphatic rings. The van der Waals surface area contributed by atoms with Crippen LogP contribution in [0.5, 0.6) is 0 Å². The molecule has 1 saturated carbocycles. The first-order valence-corrected chi connectivity index (χ1v) is 12.1. The van der Waals surface area contributed by atoms with Crippen LogP contribution in [0.25, 0.3) is 11.1 Å². The first kappa shape index (κ1) is 23.8. The van der Waals surface area contributed by atoms with Crippen molar-refractivity contribution in [1.29, 1.82) is 0 Å². The minimum atomic E-state index is -0.958. The topological polar surface area (TPSA) is 105 Å². The van der Waals surface area contributed by atoms with E-state index in [9.17, 15) is 14.4 Å². The normalized spacial score (nSPS) is 16.2. The van der Waals surface area contributed by atoms with E-state index in [0.29, 0.717) is 0 Å². The van der Waals surface area contributed by atoms with Gasteiger partial charge in [0.05, 0.1) is 6.42 Å². The van der Waals surface area contributed by atoms with E-state index in [0.717, 1.165) is 36.8 Å². The van der Waals surface area contributed by atoms with Gasteiger partial charge in [0.25, 0.3) is 0 Å². The number of benzene rings is 2. The number of fused-ring (bicyclic) bond motifs is 3. The molecule has 0 aliphatic heterocycles. The van der Waals surface area contributed by atoms with Crippen molar-refractivity contribution in [3.05, 3.63) is 59.7 Å². The van der Waals surface area contributed by atoms with E-state index < -0.39 is 12.1 Å². The van der Waals surface area contributed by atoms with E-state index >= 15 is 0 Å². The van der Waals surface area contributed by atoms with Crippen LogP contribution in [0.2, 0.25) is 0 Å². The van der Waals surface area contributed by atoms with Crippen molar-refractivity contribution in [3.63, 3.8) is 0 Å². The fraction of sp³-hybridized carbons (Fsp3) is 0.444. The van der Waals surface area contributed by atoms with E-state index in [4.69, 9.17) is 9.84 Å². The van der Waals surface area contributed by atoms with Crippen LogP contribution in [0.4, 0.5) is 4.79 Å². The Morgan fingerprint density at radius 2 is 1.56 bits per heavy atom. The van der Waals surface area contributed by atoms with Crippen molar-refractivity contribution in [2.24, 2.45) is 5.92 Å². The zero-order valence-electron chi connectivity index (χ0n) is 19.3. The van der Waals surface area contributed by atoms with Crippen LogP contribution in [0.15, 0.2) is 48.5 Å². The number of carbonyl (C=O) groups is 3. The van der Waals surface area contributed by atoms with Crippen LogP contribution in [0, 0.1) is 5.92 Å². The molecule has 2 aliphatic carbocycles. The molecule has 2 aromatic carbocycles. The second-order valence-corrected chi connectivity index (χ2v) is 9.17. The standard InChI is InChI=1S/C27H32N2O5/c30-25(28-15-14-26(31)32)16-24(18-8-2-1-3-9-18)29-27(33)34-17-23-21-12-6-4-10-19(21)20-11-5-7-13-22(20)23/h4-7,10-13,18,23-24H,1-3,8-9,14-17H2,(H,28,30)(H,29,33)(H,31,32). The Balaban J connectivity index is 1.38. The summed E-state index contributed by atoms with van der Waals surface area (Å²) in [4.78, 5) is 35.9. The Morgan fingerprint density at radius 1 is 0.941 bits per heavy atom. The van der Waals surface area contributed by atoms with Crippen LogP contribution in [-0.2, 0) is 14.3 Å². The molecule has 3 N–H and O–H groups in total. The molecular formula is C27H32N2O5. The number of alkyl carbamates (subject to hydrolysis) is 1. The summed E-state index contributed by atoms with van der Waals surface area (Å²) in [6, 6.07) is 16.0. The van der Waals surface area contributed by atoms with Gasteiger partial charge in [-0.3, -0.25) is 9.59 Å². The van der Waals surface area contributed by atoms with Gasteiger partial charge in [0.2, 0.25) is 5.91 Å². The van der Waals surface area contributed by atoms with Crippen LogP contribution in [0.3, 0.4) is 0 Å². The molecule has 0 spiro atoms. The number of ether oxygens (including phenoxy) is 1. The predicted octanol–water partition coefficient (Wildman–Crippen LogP) is 4.46. The average Bonchev–Trinajstić information content (AvgIpc) is 3.16. The van der Waals surface area contributed by atoms with E-state index in [1.807, 2.05) is 24.3 Å². The average molecular weight is 465 g/mol. The minimum absolute atomic E-state index is 0.0226. The smallest absolute Gasteiger partial charge is 0.407 e. The fourth-order valence-electron chi connectivity index (χ4n) is 5.24. The summed E-state index contributed by atoms with van der Waals surface area (Å²) in [7, 11) is 0. The largest absolute Gasteiger partial charge is 0.481 e. The van der Waals surface area contributed by atoms with Crippen LogP contribution >= 0.6 is 0 Å². The number of hydrogen-bond donors (Lipinski definition) is 3. The molecule has 0 bridgehead atoms. The molecule has 1 fully saturated rings. The summed E-state index contributed by atoms with van der Waals surface area (Å²) >= 11 is 0. The van der Waals surface area contributed by atoms with E-state index in [-0.39, 0.29) is 49.8 Å². The lowest BCUT2D eigenvalue weighted by Gasteiger charge is -2.30. The van der Waals surface area contributed by atoms with Crippen LogP contribution < -0.4 is 10.6 Å². The monoisotopic (exact) mass is 464 g/mol. The van der Waals surface area contributed by atoms with Crippen molar-refractivity contribution in [3.8, 4) is 11.1 Å². The van der Waals surface area contributed by atoms with E-state index in [1.165, 1.54) is 17.5 Å². The van der Waals surface area contributed by atoms with Gasteiger partial charge in [0.1, 0.15) is 6.61 Å². The van der Waals surface area contributed by atoms with Gasteiger partial charge in [-0.2, -0.15) is 0 Å². The minimum Gasteiger partial charge on any atom is -0.481 e. The number of nitrogens with one attached hydrogen (secondary N) is 2. The number of amides is 2. The van der Waals surface area contributed by atoms with Crippen molar-refractivity contribution in [2.45, 2.75) is 56.9 Å². The van der Waals surface area contributed by atoms with E-state index in [2.05, 4.69) is 34.9 Å². The van der Waals surface area contributed by atoms with Gasteiger partial charge in [-0.15, -0.1) is 0 Å². The first-order valence-electron chi connectivity index (χ1n) is 12.1. The third kappa shape index (κ3) is 5.76. The third-order valence-corrected chi connectivity index (χ3v) is 6.93. The molecule has 0 heterocycles. The Hall–Kier alpha value is -3.35. The lowest BCUT2D eigenvalue weighted by molar-refractivity contribution is -0.136. The van der Waals surface area contributed by atoms with Crippen LogP contribution in [-0.4, -0.2) is 42.3 Å². The number of aliphatic carboxylic acids is 1. The maximum atomic E-state index is 12.8. The molecular weight excluding hydrogens is 432 g/mol. The maximum Gasteiger partial charge on any atom is 0.407 e. The molecule has 1 atom stereocenters. The molecule has 0 saturated heterocycles. The summed E-state index contributed by atoms with van der Waals surface area (Å²) in [5.41, 5.74) is 4.65. The van der Waals surface area contributed by atoms with Crippen molar-refractivity contribution in [1.82, 2.24) is 10.6 Å². The Kier molecular flexibility index (Phi) is 7.83. The highest BCUT2D eigenvalue weighted by Crippen LogP contribution is 2.44. The molecule has 2 amide bonds. The summed E-state index contributed by atoms with van der Waals surface area (Å²) in [6.45, 7) is 0.304. The van der Waals surface area contributed by atoms with Crippen molar-refractivity contribution < 1.29 is 24.2 Å². The quantitative estimate of drug-likeness (QED) is 0.508. The number of carboxylic acid groups (broad SMARTS) is 1. The van der Waals surface area contributed by atoms with Gasteiger partial charge in [-0.25, -0.2) is 4.79 Å². The van der Waals surface area contributed by atoms with Crippen molar-refractivity contribution in [2.75, 3.05) is 13.2 Å². The van der Waals surface area contributed by atoms with Gasteiger partial charge in [0, 0.05) is 24.9 Å². The lowest BCUT2D eigenvalue weighted by Crippen LogP contribution is -2.45. The van der Waals surface area contributed by atoms with Gasteiger partial charge < -0.3 is 20.5 Å². The lowest BCUT2D eigenvalue weighted by atomic mass is 9.82. The molecule has 0 aromatic heterocycles. The summed E-state index contributed by atoms with van der Waals surface area (Å²) in [5, 5.41) is 14.4. The number of carboxylic acids is 1.